The highest BCUT2D eigenvalue weighted by Crippen LogP contribution is 2.49. The van der Waals surface area contributed by atoms with Crippen LogP contribution in [0.25, 0.3) is 22.3 Å². The molecule has 0 saturated carbocycles. The highest BCUT2D eigenvalue weighted by Gasteiger charge is 2.35. The maximum absolute atomic E-state index is 10.8. The molecule has 0 radical (unpaired) electrons. The van der Waals surface area contributed by atoms with Crippen LogP contribution in [0, 0.1) is 10.1 Å². The lowest BCUT2D eigenvalue weighted by atomic mass is 9.81. The van der Waals surface area contributed by atoms with Crippen LogP contribution in [0.3, 0.4) is 0 Å². The molecular formula is C21H17NO2. The molecule has 3 aromatic carbocycles. The van der Waals surface area contributed by atoms with Crippen molar-refractivity contribution >= 4 is 5.69 Å². The van der Waals surface area contributed by atoms with E-state index in [9.17, 15) is 10.1 Å². The molecule has 0 unspecified atom stereocenters. The standard InChI is InChI=1S/C21H17NO2/c1-21(2)19-6-4-3-5-17(19)18-12-9-15(13-20(18)21)14-7-10-16(11-8-14)22(23)24/h3-13H,1-2H3. The molecular weight excluding hydrogens is 298 g/mol. The second-order valence-corrected chi connectivity index (χ2v) is 6.73. The molecule has 118 valence electrons. The van der Waals surface area contributed by atoms with Crippen LogP contribution in [0.4, 0.5) is 5.69 Å². The number of fused-ring (bicyclic) bond motifs is 3. The fraction of sp³-hybridized carbons (Fsp3) is 0.143. The Morgan fingerprint density at radius 2 is 1.42 bits per heavy atom. The van der Waals surface area contributed by atoms with E-state index in [4.69, 9.17) is 0 Å². The smallest absolute Gasteiger partial charge is 0.258 e. The molecule has 3 aromatic rings. The van der Waals surface area contributed by atoms with E-state index < -0.39 is 0 Å². The van der Waals surface area contributed by atoms with Gasteiger partial charge in [0.2, 0.25) is 0 Å². The summed E-state index contributed by atoms with van der Waals surface area (Å²) >= 11 is 0. The van der Waals surface area contributed by atoms with Gasteiger partial charge in [-0.3, -0.25) is 10.1 Å². The van der Waals surface area contributed by atoms with E-state index in [2.05, 4.69) is 56.3 Å². The van der Waals surface area contributed by atoms with Crippen molar-refractivity contribution < 1.29 is 4.92 Å². The average Bonchev–Trinajstić information content (AvgIpc) is 2.83. The minimum absolute atomic E-state index is 0.0390. The summed E-state index contributed by atoms with van der Waals surface area (Å²) in [6, 6.07) is 21.8. The fourth-order valence-electron chi connectivity index (χ4n) is 3.66. The van der Waals surface area contributed by atoms with E-state index in [1.165, 1.54) is 22.3 Å². The van der Waals surface area contributed by atoms with E-state index in [0.717, 1.165) is 11.1 Å². The van der Waals surface area contributed by atoms with Crippen molar-refractivity contribution in [3.05, 3.63) is 88.0 Å². The van der Waals surface area contributed by atoms with Gasteiger partial charge in [0.25, 0.3) is 5.69 Å². The number of benzene rings is 3. The molecule has 0 aromatic heterocycles. The van der Waals surface area contributed by atoms with Crippen LogP contribution in [-0.2, 0) is 5.41 Å². The largest absolute Gasteiger partial charge is 0.269 e. The van der Waals surface area contributed by atoms with Crippen LogP contribution in [-0.4, -0.2) is 4.92 Å². The Morgan fingerprint density at radius 1 is 0.792 bits per heavy atom. The van der Waals surface area contributed by atoms with Gasteiger partial charge < -0.3 is 0 Å². The number of nitrogens with zero attached hydrogens (tertiary/aromatic N) is 1. The van der Waals surface area contributed by atoms with Crippen molar-refractivity contribution in [2.45, 2.75) is 19.3 Å². The van der Waals surface area contributed by atoms with Gasteiger partial charge in [0.15, 0.2) is 0 Å². The molecule has 24 heavy (non-hydrogen) atoms. The second-order valence-electron chi connectivity index (χ2n) is 6.73. The molecule has 3 nitrogen and oxygen atoms in total. The van der Waals surface area contributed by atoms with Crippen LogP contribution in [0.5, 0.6) is 0 Å². The third-order valence-electron chi connectivity index (χ3n) is 4.99. The van der Waals surface area contributed by atoms with E-state index in [1.807, 2.05) is 12.1 Å². The first-order chi connectivity index (χ1) is 11.5. The number of rotatable bonds is 2. The predicted octanol–water partition coefficient (Wildman–Crippen LogP) is 5.57. The van der Waals surface area contributed by atoms with Gasteiger partial charge >= 0.3 is 0 Å². The first kappa shape index (κ1) is 14.6. The summed E-state index contributed by atoms with van der Waals surface area (Å²) in [5.74, 6) is 0. The Morgan fingerprint density at radius 3 is 2.12 bits per heavy atom. The van der Waals surface area contributed by atoms with E-state index in [-0.39, 0.29) is 16.0 Å². The summed E-state index contributed by atoms with van der Waals surface area (Å²) in [7, 11) is 0. The molecule has 0 heterocycles. The Balaban J connectivity index is 1.83. The van der Waals surface area contributed by atoms with Crippen molar-refractivity contribution in [1.82, 2.24) is 0 Å². The molecule has 3 heteroatoms. The Kier molecular flexibility index (Phi) is 3.07. The van der Waals surface area contributed by atoms with Crippen molar-refractivity contribution in [2.75, 3.05) is 0 Å². The highest BCUT2D eigenvalue weighted by atomic mass is 16.6. The maximum Gasteiger partial charge on any atom is 0.269 e. The topological polar surface area (TPSA) is 43.1 Å². The van der Waals surface area contributed by atoms with Gasteiger partial charge in [-0.2, -0.15) is 0 Å². The number of non-ortho nitro benzene ring substituents is 1. The number of nitro groups is 1. The number of hydrogen-bond acceptors (Lipinski definition) is 2. The van der Waals surface area contributed by atoms with Crippen LogP contribution < -0.4 is 0 Å². The Labute approximate surface area is 140 Å². The maximum atomic E-state index is 10.8. The zero-order chi connectivity index (χ0) is 16.9. The molecule has 0 N–H and O–H groups in total. The van der Waals surface area contributed by atoms with Crippen molar-refractivity contribution in [3.63, 3.8) is 0 Å². The zero-order valence-corrected chi connectivity index (χ0v) is 13.6. The minimum atomic E-state index is -0.369. The molecule has 4 rings (SSSR count). The summed E-state index contributed by atoms with van der Waals surface area (Å²) in [6.45, 7) is 4.49. The van der Waals surface area contributed by atoms with Gasteiger partial charge in [0.1, 0.15) is 0 Å². The second kappa shape index (κ2) is 5.03. The van der Waals surface area contributed by atoms with Crippen molar-refractivity contribution in [2.24, 2.45) is 0 Å². The van der Waals surface area contributed by atoms with E-state index >= 15 is 0 Å². The van der Waals surface area contributed by atoms with Gasteiger partial charge in [-0.1, -0.05) is 50.2 Å². The molecule has 0 fully saturated rings. The molecule has 0 aliphatic heterocycles. The molecule has 0 spiro atoms. The first-order valence-electron chi connectivity index (χ1n) is 7.98. The van der Waals surface area contributed by atoms with Crippen LogP contribution in [0.2, 0.25) is 0 Å². The lowest BCUT2D eigenvalue weighted by Gasteiger charge is -2.22. The lowest BCUT2D eigenvalue weighted by Crippen LogP contribution is -2.14. The van der Waals surface area contributed by atoms with Crippen molar-refractivity contribution in [3.8, 4) is 22.3 Å². The molecule has 0 amide bonds. The summed E-state index contributed by atoms with van der Waals surface area (Å²) < 4.78 is 0. The average molecular weight is 315 g/mol. The SMILES string of the molecule is CC1(C)c2ccccc2-c2ccc(-c3ccc([N+](=O)[O-])cc3)cc21. The third kappa shape index (κ3) is 2.05. The molecule has 1 aliphatic rings. The third-order valence-corrected chi connectivity index (χ3v) is 4.99. The van der Waals surface area contributed by atoms with Crippen LogP contribution in [0.1, 0.15) is 25.0 Å². The fourth-order valence-corrected chi connectivity index (χ4v) is 3.66. The van der Waals surface area contributed by atoms with Crippen LogP contribution >= 0.6 is 0 Å². The molecule has 0 bridgehead atoms. The quantitative estimate of drug-likeness (QED) is 0.458. The normalized spacial score (nSPS) is 14.1. The summed E-state index contributed by atoms with van der Waals surface area (Å²) in [5.41, 5.74) is 7.39. The van der Waals surface area contributed by atoms with Gasteiger partial charge in [0, 0.05) is 17.5 Å². The predicted molar refractivity (Wildman–Crippen MR) is 96.1 cm³/mol. The minimum Gasteiger partial charge on any atom is -0.258 e. The Bertz CT molecular complexity index is 956. The lowest BCUT2D eigenvalue weighted by molar-refractivity contribution is -0.384. The van der Waals surface area contributed by atoms with E-state index in [0.29, 0.717) is 0 Å². The molecule has 0 atom stereocenters. The summed E-state index contributed by atoms with van der Waals surface area (Å²) in [5, 5.41) is 10.8. The van der Waals surface area contributed by atoms with Gasteiger partial charge in [-0.25, -0.2) is 0 Å². The first-order valence-corrected chi connectivity index (χ1v) is 7.98. The highest BCUT2D eigenvalue weighted by molar-refractivity contribution is 5.83. The zero-order valence-electron chi connectivity index (χ0n) is 13.6. The summed E-state index contributed by atoms with van der Waals surface area (Å²) in [4.78, 5) is 10.4. The monoisotopic (exact) mass is 315 g/mol. The number of hydrogen-bond donors (Lipinski definition) is 0. The number of nitro benzene ring substituents is 1. The van der Waals surface area contributed by atoms with Gasteiger partial charge in [0.05, 0.1) is 4.92 Å². The van der Waals surface area contributed by atoms with E-state index in [1.54, 1.807) is 12.1 Å². The van der Waals surface area contributed by atoms with Crippen molar-refractivity contribution in [1.29, 1.82) is 0 Å². The van der Waals surface area contributed by atoms with Gasteiger partial charge in [-0.15, -0.1) is 0 Å². The molecule has 1 aliphatic carbocycles. The van der Waals surface area contributed by atoms with Gasteiger partial charge in [-0.05, 0) is 51.6 Å². The summed E-state index contributed by atoms with van der Waals surface area (Å²) in [6.07, 6.45) is 0. The molecule has 0 saturated heterocycles. The van der Waals surface area contributed by atoms with Crippen LogP contribution in [0.15, 0.2) is 66.7 Å². The Hall–Kier alpha value is -2.94.